The van der Waals surface area contributed by atoms with E-state index in [0.29, 0.717) is 17.6 Å². The quantitative estimate of drug-likeness (QED) is 0.160. The maximum absolute atomic E-state index is 14.1. The summed E-state index contributed by atoms with van der Waals surface area (Å²) in [6, 6.07) is 70.0. The van der Waals surface area contributed by atoms with Gasteiger partial charge in [-0.15, -0.1) is 0 Å². The van der Waals surface area contributed by atoms with Crippen LogP contribution in [-0.4, -0.2) is 32.5 Å². The summed E-state index contributed by atoms with van der Waals surface area (Å²) >= 11 is 0. The number of nitrogens with zero attached hydrogens (tertiary/aromatic N) is 5. The molecule has 0 bridgehead atoms. The molecule has 3 aromatic heterocycles. The fourth-order valence-corrected chi connectivity index (χ4v) is 10.3. The van der Waals surface area contributed by atoms with Gasteiger partial charge in [-0.25, -0.2) is 13.4 Å². The lowest BCUT2D eigenvalue weighted by molar-refractivity contribution is 0.596. The van der Waals surface area contributed by atoms with Crippen LogP contribution in [0.5, 0.6) is 0 Å². The summed E-state index contributed by atoms with van der Waals surface area (Å²) in [7, 11) is -3.81. The summed E-state index contributed by atoms with van der Waals surface area (Å²) in [5, 5.41) is 6.68. The van der Waals surface area contributed by atoms with Gasteiger partial charge in [-0.05, 0) is 77.2 Å². The topological polar surface area (TPSA) is 82.7 Å². The molecule has 0 saturated carbocycles. The van der Waals surface area contributed by atoms with Crippen LogP contribution in [-0.2, 0) is 9.84 Å². The van der Waals surface area contributed by atoms with Crippen LogP contribution in [0.1, 0.15) is 0 Å². The maximum Gasteiger partial charge on any atom is 0.238 e. The Balaban J connectivity index is 0.901. The Hall–Kier alpha value is -8.20. The van der Waals surface area contributed by atoms with Gasteiger partial charge >= 0.3 is 0 Å². The van der Waals surface area contributed by atoms with Crippen LogP contribution in [0.4, 0.5) is 0 Å². The average molecular weight is 830 g/mol. The number of hydrogen-bond acceptors (Lipinski definition) is 5. The molecular formula is C55H35N5O2S. The summed E-state index contributed by atoms with van der Waals surface area (Å²) in [6.07, 6.45) is 0. The van der Waals surface area contributed by atoms with Gasteiger partial charge in [-0.3, -0.25) is 4.57 Å². The molecule has 0 aliphatic carbocycles. The second kappa shape index (κ2) is 14.5. The Morgan fingerprint density at radius 2 is 0.857 bits per heavy atom. The number of sulfone groups is 1. The van der Waals surface area contributed by atoms with Crippen molar-refractivity contribution in [1.82, 2.24) is 24.1 Å². The number of benzene rings is 9. The van der Waals surface area contributed by atoms with Gasteiger partial charge in [-0.1, -0.05) is 152 Å². The first kappa shape index (κ1) is 36.6. The van der Waals surface area contributed by atoms with E-state index < -0.39 is 9.84 Å². The number of rotatable bonds is 7. The molecule has 0 unspecified atom stereocenters. The van der Waals surface area contributed by atoms with E-state index in [1.165, 1.54) is 0 Å². The highest BCUT2D eigenvalue weighted by molar-refractivity contribution is 7.91. The Morgan fingerprint density at radius 1 is 0.349 bits per heavy atom. The molecule has 12 aromatic rings. The third-order valence-corrected chi connectivity index (χ3v) is 13.8. The van der Waals surface area contributed by atoms with E-state index >= 15 is 0 Å². The van der Waals surface area contributed by atoms with Crippen LogP contribution >= 0.6 is 0 Å². The van der Waals surface area contributed by atoms with Crippen molar-refractivity contribution in [1.29, 1.82) is 0 Å². The van der Waals surface area contributed by atoms with Crippen LogP contribution in [0.2, 0.25) is 0 Å². The Bertz CT molecular complexity index is 3790. The molecule has 8 heteroatoms. The lowest BCUT2D eigenvalue weighted by atomic mass is 10.0. The van der Waals surface area contributed by atoms with Crippen LogP contribution in [0.25, 0.3) is 99.9 Å². The van der Waals surface area contributed by atoms with Gasteiger partial charge in [0.25, 0.3) is 0 Å². The second-order valence-corrected chi connectivity index (χ2v) is 17.6. The van der Waals surface area contributed by atoms with Crippen LogP contribution < -0.4 is 0 Å². The van der Waals surface area contributed by atoms with Crippen molar-refractivity contribution >= 4 is 64.2 Å². The predicted molar refractivity (Wildman–Crippen MR) is 254 cm³/mol. The first-order valence-electron chi connectivity index (χ1n) is 20.8. The molecule has 298 valence electrons. The van der Waals surface area contributed by atoms with E-state index in [9.17, 15) is 8.42 Å². The van der Waals surface area contributed by atoms with Gasteiger partial charge in [0.1, 0.15) is 0 Å². The molecule has 9 aromatic carbocycles. The SMILES string of the molecule is O=S(=O)(c1ccc(-c2ccc3c(c2)c2ccccc2n3-c2nc(-c3ccccc3)nc(-c3ccccc3)n2)cc1)c1ccc(-n2c3ccccc3c3ccc4ccccc4c32)cc1. The van der Waals surface area contributed by atoms with E-state index in [4.69, 9.17) is 15.0 Å². The summed E-state index contributed by atoms with van der Waals surface area (Å²) in [6.45, 7) is 0. The molecule has 63 heavy (non-hydrogen) atoms. The molecule has 0 amide bonds. The molecule has 7 nitrogen and oxygen atoms in total. The summed E-state index contributed by atoms with van der Waals surface area (Å²) in [5.41, 5.74) is 8.64. The van der Waals surface area contributed by atoms with Gasteiger partial charge in [0.15, 0.2) is 11.6 Å². The highest BCUT2D eigenvalue weighted by Crippen LogP contribution is 2.38. The zero-order valence-corrected chi connectivity index (χ0v) is 34.5. The van der Waals surface area contributed by atoms with E-state index in [-0.39, 0.29) is 9.79 Å². The smallest absolute Gasteiger partial charge is 0.238 e. The lowest BCUT2D eigenvalue weighted by Gasteiger charge is -2.12. The number of para-hydroxylation sites is 2. The van der Waals surface area contributed by atoms with Crippen molar-refractivity contribution in [2.45, 2.75) is 9.79 Å². The number of aromatic nitrogens is 5. The lowest BCUT2D eigenvalue weighted by Crippen LogP contribution is -2.06. The second-order valence-electron chi connectivity index (χ2n) is 15.7. The van der Waals surface area contributed by atoms with Crippen molar-refractivity contribution in [2.75, 3.05) is 0 Å². The average Bonchev–Trinajstić information content (AvgIpc) is 3.87. The van der Waals surface area contributed by atoms with Crippen LogP contribution in [0, 0.1) is 0 Å². The molecule has 12 rings (SSSR count). The summed E-state index contributed by atoms with van der Waals surface area (Å²) < 4.78 is 32.6. The summed E-state index contributed by atoms with van der Waals surface area (Å²) in [5.74, 6) is 1.70. The van der Waals surface area contributed by atoms with Crippen molar-refractivity contribution < 1.29 is 8.42 Å². The zero-order chi connectivity index (χ0) is 42.1. The number of hydrogen-bond donors (Lipinski definition) is 0. The third-order valence-electron chi connectivity index (χ3n) is 12.0. The first-order chi connectivity index (χ1) is 31.0. The largest absolute Gasteiger partial charge is 0.309 e. The van der Waals surface area contributed by atoms with Crippen molar-refractivity contribution in [3.05, 3.63) is 212 Å². The standard InChI is InChI=1S/C55H35N5O2S/c61-63(62,43-31-27-41(28-32-43)59-49-21-11-9-19-45(49)47-33-25-37-13-7-8-18-44(37)52(47)59)42-29-23-36(24-30-42)40-26-34-51-48(35-40)46-20-10-12-22-50(46)60(51)55-57-53(38-14-3-1-4-15-38)56-54(58-55)39-16-5-2-6-17-39/h1-35H. The molecule has 0 aliphatic heterocycles. The predicted octanol–water partition coefficient (Wildman–Crippen LogP) is 13.1. The Kier molecular flexibility index (Phi) is 8.42. The van der Waals surface area contributed by atoms with Crippen molar-refractivity contribution in [3.63, 3.8) is 0 Å². The highest BCUT2D eigenvalue weighted by Gasteiger charge is 2.21. The molecule has 0 radical (unpaired) electrons. The molecular weight excluding hydrogens is 795 g/mol. The Labute approximate surface area is 362 Å². The minimum atomic E-state index is -3.81. The van der Waals surface area contributed by atoms with Gasteiger partial charge in [0.2, 0.25) is 15.8 Å². The minimum Gasteiger partial charge on any atom is -0.309 e. The van der Waals surface area contributed by atoms with E-state index in [2.05, 4.69) is 88.0 Å². The van der Waals surface area contributed by atoms with Gasteiger partial charge < -0.3 is 4.57 Å². The van der Waals surface area contributed by atoms with Crippen LogP contribution in [0.15, 0.2) is 222 Å². The van der Waals surface area contributed by atoms with E-state index in [1.54, 1.807) is 24.3 Å². The molecule has 3 heterocycles. The molecule has 0 spiro atoms. The monoisotopic (exact) mass is 829 g/mol. The first-order valence-corrected chi connectivity index (χ1v) is 22.3. The molecule has 0 fully saturated rings. The molecule has 0 atom stereocenters. The van der Waals surface area contributed by atoms with Crippen molar-refractivity contribution in [2.24, 2.45) is 0 Å². The maximum atomic E-state index is 14.1. The zero-order valence-electron chi connectivity index (χ0n) is 33.7. The minimum absolute atomic E-state index is 0.234. The molecule has 0 N–H and O–H groups in total. The number of fused-ring (bicyclic) bond motifs is 8. The van der Waals surface area contributed by atoms with Gasteiger partial charge in [0, 0.05) is 43.7 Å². The van der Waals surface area contributed by atoms with Gasteiger partial charge in [-0.2, -0.15) is 9.97 Å². The molecule has 0 saturated heterocycles. The Morgan fingerprint density at radius 3 is 1.51 bits per heavy atom. The third kappa shape index (κ3) is 6.02. The molecule has 0 aliphatic rings. The highest BCUT2D eigenvalue weighted by atomic mass is 32.2. The van der Waals surface area contributed by atoms with Gasteiger partial charge in [0.05, 0.1) is 31.9 Å². The fourth-order valence-electron chi connectivity index (χ4n) is 9.00. The van der Waals surface area contributed by atoms with Crippen LogP contribution in [0.3, 0.4) is 0 Å². The fraction of sp³-hybridized carbons (Fsp3) is 0. The summed E-state index contributed by atoms with van der Waals surface area (Å²) in [4.78, 5) is 15.5. The van der Waals surface area contributed by atoms with Crippen molar-refractivity contribution in [3.8, 4) is 45.5 Å². The van der Waals surface area contributed by atoms with E-state index in [0.717, 1.165) is 82.3 Å². The van der Waals surface area contributed by atoms with E-state index in [1.807, 2.05) is 109 Å². The normalized spacial score (nSPS) is 11.9.